The van der Waals surface area contributed by atoms with Crippen LogP contribution in [0.2, 0.25) is 0 Å². The summed E-state index contributed by atoms with van der Waals surface area (Å²) in [6, 6.07) is 19.9. The Morgan fingerprint density at radius 2 is 1.90 bits per heavy atom. The van der Waals surface area contributed by atoms with Crippen molar-refractivity contribution in [2.75, 3.05) is 5.32 Å². The van der Waals surface area contributed by atoms with Crippen LogP contribution in [0.15, 0.2) is 73.1 Å². The fourth-order valence-electron chi connectivity index (χ4n) is 3.85. The molecule has 1 aliphatic carbocycles. The van der Waals surface area contributed by atoms with Crippen LogP contribution in [0.4, 0.5) is 5.69 Å². The van der Waals surface area contributed by atoms with Crippen LogP contribution in [0.3, 0.4) is 0 Å². The average molecular weight is 381 g/mol. The zero-order valence-corrected chi connectivity index (χ0v) is 16.6. The van der Waals surface area contributed by atoms with Crippen LogP contribution >= 0.6 is 0 Å². The van der Waals surface area contributed by atoms with Crippen LogP contribution in [-0.4, -0.2) is 15.3 Å². The minimum Gasteiger partial charge on any atom is -0.322 e. The zero-order valence-electron chi connectivity index (χ0n) is 16.6. The van der Waals surface area contributed by atoms with Gasteiger partial charge in [0.2, 0.25) is 0 Å². The van der Waals surface area contributed by atoms with Crippen LogP contribution in [0.25, 0.3) is 16.9 Å². The van der Waals surface area contributed by atoms with E-state index in [9.17, 15) is 4.79 Å². The summed E-state index contributed by atoms with van der Waals surface area (Å²) in [4.78, 5) is 17.4. The lowest BCUT2D eigenvalue weighted by Gasteiger charge is -2.07. The van der Waals surface area contributed by atoms with Gasteiger partial charge in [-0.3, -0.25) is 4.79 Å². The summed E-state index contributed by atoms with van der Waals surface area (Å²) >= 11 is 0. The normalized spacial score (nSPS) is 18.0. The number of rotatable bonds is 4. The first-order valence-electron chi connectivity index (χ1n) is 10.0. The van der Waals surface area contributed by atoms with Gasteiger partial charge in [0.05, 0.1) is 5.69 Å². The zero-order chi connectivity index (χ0) is 20.0. The first-order valence-corrected chi connectivity index (χ1v) is 10.0. The van der Waals surface area contributed by atoms with Gasteiger partial charge in [-0.05, 0) is 72.7 Å². The molecule has 5 rings (SSSR count). The quantitative estimate of drug-likeness (QED) is 0.494. The molecule has 0 unspecified atom stereocenters. The van der Waals surface area contributed by atoms with Gasteiger partial charge in [-0.25, -0.2) is 4.98 Å². The molecule has 4 aromatic rings. The van der Waals surface area contributed by atoms with E-state index in [2.05, 4.69) is 43.4 Å². The van der Waals surface area contributed by atoms with Crippen molar-refractivity contribution in [3.8, 4) is 11.3 Å². The van der Waals surface area contributed by atoms with Crippen LogP contribution in [0, 0.1) is 12.8 Å². The third kappa shape index (κ3) is 3.54. The molecule has 0 saturated heterocycles. The summed E-state index contributed by atoms with van der Waals surface area (Å²) in [5.74, 6) is 1.34. The number of carbonyl (C=O) groups is 1. The number of aromatic nitrogens is 2. The lowest BCUT2D eigenvalue weighted by Crippen LogP contribution is -2.11. The second-order valence-corrected chi connectivity index (χ2v) is 8.07. The van der Waals surface area contributed by atoms with E-state index in [0.29, 0.717) is 11.5 Å². The van der Waals surface area contributed by atoms with Gasteiger partial charge in [-0.15, -0.1) is 0 Å². The Bertz CT molecular complexity index is 1210. The molecular weight excluding hydrogens is 358 g/mol. The number of hydrogen-bond acceptors (Lipinski definition) is 2. The van der Waals surface area contributed by atoms with Crippen molar-refractivity contribution >= 4 is 17.2 Å². The van der Waals surface area contributed by atoms with E-state index in [-0.39, 0.29) is 5.91 Å². The molecule has 2 atom stereocenters. The number of amides is 1. The second-order valence-electron chi connectivity index (χ2n) is 8.07. The van der Waals surface area contributed by atoms with Crippen molar-refractivity contribution in [3.63, 3.8) is 0 Å². The number of benzene rings is 2. The Hall–Kier alpha value is -3.40. The highest BCUT2D eigenvalue weighted by Crippen LogP contribution is 2.46. The molecule has 144 valence electrons. The molecule has 0 bridgehead atoms. The van der Waals surface area contributed by atoms with Gasteiger partial charge in [0.15, 0.2) is 0 Å². The van der Waals surface area contributed by atoms with Gasteiger partial charge in [-0.2, -0.15) is 0 Å². The topological polar surface area (TPSA) is 46.4 Å². The highest BCUT2D eigenvalue weighted by atomic mass is 16.1. The molecule has 0 aliphatic heterocycles. The molecule has 1 amide bonds. The van der Waals surface area contributed by atoms with Gasteiger partial charge in [0.25, 0.3) is 5.91 Å². The number of fused-ring (bicyclic) bond motifs is 1. The van der Waals surface area contributed by atoms with Crippen molar-refractivity contribution in [2.24, 2.45) is 5.92 Å². The van der Waals surface area contributed by atoms with Crippen molar-refractivity contribution in [1.29, 1.82) is 0 Å². The van der Waals surface area contributed by atoms with Crippen LogP contribution in [-0.2, 0) is 0 Å². The molecule has 1 saturated carbocycles. The number of carbonyl (C=O) groups excluding carboxylic acids is 1. The highest BCUT2D eigenvalue weighted by molar-refractivity contribution is 6.04. The molecule has 4 heteroatoms. The van der Waals surface area contributed by atoms with Crippen molar-refractivity contribution in [2.45, 2.75) is 26.2 Å². The Balaban J connectivity index is 1.35. The first-order chi connectivity index (χ1) is 14.1. The molecule has 2 aromatic carbocycles. The summed E-state index contributed by atoms with van der Waals surface area (Å²) in [6.45, 7) is 4.32. The van der Waals surface area contributed by atoms with Gasteiger partial charge >= 0.3 is 0 Å². The SMILES string of the molecule is Cc1ccn2cc(-c3cccc(NC(=O)c4ccc([C@H]5C[C@H]5C)cc4)c3)nc2c1. The fraction of sp³-hybridized carbons (Fsp3) is 0.200. The van der Waals surface area contributed by atoms with Crippen molar-refractivity contribution < 1.29 is 4.79 Å². The minimum absolute atomic E-state index is 0.0943. The second kappa shape index (κ2) is 6.89. The summed E-state index contributed by atoms with van der Waals surface area (Å²) < 4.78 is 2.01. The number of hydrogen-bond donors (Lipinski definition) is 1. The minimum atomic E-state index is -0.0943. The molecule has 2 aromatic heterocycles. The molecule has 29 heavy (non-hydrogen) atoms. The van der Waals surface area contributed by atoms with E-state index in [1.54, 1.807) is 0 Å². The molecule has 4 nitrogen and oxygen atoms in total. The van der Waals surface area contributed by atoms with E-state index in [4.69, 9.17) is 4.98 Å². The van der Waals surface area contributed by atoms with E-state index in [1.807, 2.05) is 53.2 Å². The Kier molecular flexibility index (Phi) is 4.20. The maximum atomic E-state index is 12.7. The number of nitrogens with one attached hydrogen (secondary N) is 1. The number of aryl methyl sites for hydroxylation is 1. The standard InChI is InChI=1S/C25H23N3O/c1-16-10-11-28-15-23(27-24(28)12-16)20-4-3-5-21(14-20)26-25(29)19-8-6-18(7-9-19)22-13-17(22)2/h3-12,14-15,17,22H,13H2,1-2H3,(H,26,29)/t17-,22+/m1/s1. The molecular formula is C25H23N3O. The average Bonchev–Trinajstić information content (AvgIpc) is 3.31. The number of anilines is 1. The molecule has 2 heterocycles. The van der Waals surface area contributed by atoms with Gasteiger partial charge in [0, 0.05) is 29.2 Å². The van der Waals surface area contributed by atoms with Gasteiger partial charge in [0.1, 0.15) is 5.65 Å². The Morgan fingerprint density at radius 3 is 2.66 bits per heavy atom. The smallest absolute Gasteiger partial charge is 0.255 e. The van der Waals surface area contributed by atoms with Gasteiger partial charge < -0.3 is 9.72 Å². The van der Waals surface area contributed by atoms with E-state index in [1.165, 1.54) is 17.5 Å². The fourth-order valence-corrected chi connectivity index (χ4v) is 3.85. The summed E-state index contributed by atoms with van der Waals surface area (Å²) in [5, 5.41) is 3.01. The largest absolute Gasteiger partial charge is 0.322 e. The highest BCUT2D eigenvalue weighted by Gasteiger charge is 2.33. The molecule has 1 fully saturated rings. The summed E-state index contributed by atoms with van der Waals surface area (Å²) in [7, 11) is 0. The van der Waals surface area contributed by atoms with E-state index < -0.39 is 0 Å². The molecule has 0 spiro atoms. The number of pyridine rings is 1. The van der Waals surface area contributed by atoms with Crippen molar-refractivity contribution in [1.82, 2.24) is 9.38 Å². The van der Waals surface area contributed by atoms with Crippen LogP contribution in [0.5, 0.6) is 0 Å². The maximum absolute atomic E-state index is 12.7. The predicted octanol–water partition coefficient (Wildman–Crippen LogP) is 5.69. The number of imidazole rings is 1. The monoisotopic (exact) mass is 381 g/mol. The van der Waals surface area contributed by atoms with Crippen molar-refractivity contribution in [3.05, 3.63) is 89.7 Å². The van der Waals surface area contributed by atoms with Gasteiger partial charge in [-0.1, -0.05) is 31.2 Å². The maximum Gasteiger partial charge on any atom is 0.255 e. The molecule has 1 aliphatic rings. The summed E-state index contributed by atoms with van der Waals surface area (Å²) in [5.41, 5.74) is 6.73. The molecule has 1 N–H and O–H groups in total. The third-order valence-corrected chi connectivity index (χ3v) is 5.74. The Morgan fingerprint density at radius 1 is 1.10 bits per heavy atom. The van der Waals surface area contributed by atoms with Crippen LogP contribution < -0.4 is 5.32 Å². The first kappa shape index (κ1) is 17.7. The lowest BCUT2D eigenvalue weighted by atomic mass is 10.1. The Labute approximate surface area is 170 Å². The number of nitrogens with zero attached hydrogens (tertiary/aromatic N) is 2. The molecule has 0 radical (unpaired) electrons. The van der Waals surface area contributed by atoms with Crippen LogP contribution in [0.1, 0.15) is 40.7 Å². The van der Waals surface area contributed by atoms with E-state index in [0.717, 1.165) is 28.5 Å². The lowest BCUT2D eigenvalue weighted by molar-refractivity contribution is 0.102. The third-order valence-electron chi connectivity index (χ3n) is 5.74. The predicted molar refractivity (Wildman–Crippen MR) is 116 cm³/mol. The summed E-state index contributed by atoms with van der Waals surface area (Å²) in [6.07, 6.45) is 5.27. The van der Waals surface area contributed by atoms with E-state index >= 15 is 0 Å².